The molecule has 0 saturated heterocycles. The average molecular weight is 324 g/mol. The highest BCUT2D eigenvalue weighted by atomic mass is 16.3. The molecule has 0 aliphatic rings. The molecule has 0 spiro atoms. The van der Waals surface area contributed by atoms with E-state index in [-0.39, 0.29) is 11.3 Å². The van der Waals surface area contributed by atoms with E-state index in [4.69, 9.17) is 0 Å². The van der Waals surface area contributed by atoms with E-state index in [1.807, 2.05) is 12.1 Å². The second-order valence-electron chi connectivity index (χ2n) is 5.59. The summed E-state index contributed by atoms with van der Waals surface area (Å²) in [6, 6.07) is 9.84. The number of fused-ring (bicyclic) bond motifs is 1. The Kier molecular flexibility index (Phi) is 4.59. The summed E-state index contributed by atoms with van der Waals surface area (Å²) in [5.41, 5.74) is 2.36. The first-order valence-electron chi connectivity index (χ1n) is 7.55. The second kappa shape index (κ2) is 6.82. The van der Waals surface area contributed by atoms with Crippen LogP contribution in [0.1, 0.15) is 22.9 Å². The lowest BCUT2D eigenvalue weighted by molar-refractivity contribution is 0.175. The number of nitrogens with one attached hydrogen (secondary N) is 2. The van der Waals surface area contributed by atoms with Crippen LogP contribution >= 0.6 is 0 Å². The van der Waals surface area contributed by atoms with Crippen LogP contribution in [0.3, 0.4) is 0 Å². The average Bonchev–Trinajstić information content (AvgIpc) is 2.57. The van der Waals surface area contributed by atoms with Gasteiger partial charge in [-0.25, -0.2) is 0 Å². The number of pyridine rings is 2. The van der Waals surface area contributed by atoms with E-state index in [1.165, 1.54) is 12.1 Å². The van der Waals surface area contributed by atoms with E-state index in [0.717, 1.165) is 11.3 Å². The number of aromatic nitrogens is 2. The first-order valence-corrected chi connectivity index (χ1v) is 7.55. The third-order valence-corrected chi connectivity index (χ3v) is 3.80. The first kappa shape index (κ1) is 16.2. The number of aliphatic hydroxyl groups excluding tert-OH is 1. The minimum absolute atomic E-state index is 0.0240. The number of aromatic hydroxyl groups is 1. The van der Waals surface area contributed by atoms with Gasteiger partial charge in [0.25, 0.3) is 0 Å². The Bertz CT molecular complexity index is 904. The molecule has 1 radical (unpaired) electrons. The van der Waals surface area contributed by atoms with Crippen LogP contribution < -0.4 is 10.9 Å². The Labute approximate surface area is 138 Å². The van der Waals surface area contributed by atoms with Crippen LogP contribution in [-0.2, 0) is 6.54 Å². The zero-order valence-corrected chi connectivity index (χ0v) is 13.0. The van der Waals surface area contributed by atoms with Crippen LogP contribution in [0.4, 0.5) is 0 Å². The third kappa shape index (κ3) is 3.45. The normalized spacial score (nSPS) is 12.4. The largest absolute Gasteiger partial charge is 0.506 e. The van der Waals surface area contributed by atoms with Gasteiger partial charge in [-0.05, 0) is 36.2 Å². The van der Waals surface area contributed by atoms with E-state index < -0.39 is 6.10 Å². The lowest BCUT2D eigenvalue weighted by Crippen LogP contribution is -2.22. The van der Waals surface area contributed by atoms with Crippen molar-refractivity contribution in [1.29, 1.82) is 0 Å². The van der Waals surface area contributed by atoms with Crippen molar-refractivity contribution in [3.05, 3.63) is 76.7 Å². The number of H-pyrrole nitrogens is 1. The summed E-state index contributed by atoms with van der Waals surface area (Å²) in [5, 5.41) is 24.1. The van der Waals surface area contributed by atoms with Crippen LogP contribution in [0.15, 0.2) is 47.4 Å². The fourth-order valence-corrected chi connectivity index (χ4v) is 2.56. The number of nitrogens with zero attached hydrogens (tertiary/aromatic N) is 1. The fraction of sp³-hybridized carbons (Fsp3) is 0.167. The van der Waals surface area contributed by atoms with E-state index in [2.05, 4.69) is 22.2 Å². The number of rotatable bonds is 5. The highest BCUT2D eigenvalue weighted by Crippen LogP contribution is 2.28. The van der Waals surface area contributed by atoms with Crippen molar-refractivity contribution in [3.8, 4) is 5.75 Å². The molecule has 0 aliphatic heterocycles. The van der Waals surface area contributed by atoms with Crippen molar-refractivity contribution < 1.29 is 10.2 Å². The van der Waals surface area contributed by atoms with Crippen molar-refractivity contribution in [3.63, 3.8) is 0 Å². The topological polar surface area (TPSA) is 98.2 Å². The summed E-state index contributed by atoms with van der Waals surface area (Å²) in [5.74, 6) is -0.0240. The number of hydrogen-bond acceptors (Lipinski definition) is 5. The SMILES string of the molecule is [CH2]c1ccc(CNC[C@H](O)c2ccc(O)c3[nH]c(=O)ccc23)nc1. The predicted octanol–water partition coefficient (Wildman–Crippen LogP) is 1.63. The van der Waals surface area contributed by atoms with Crippen LogP contribution in [0.2, 0.25) is 0 Å². The molecule has 0 aliphatic carbocycles. The molecule has 0 unspecified atom stereocenters. The molecule has 0 fully saturated rings. The van der Waals surface area contributed by atoms with E-state index >= 15 is 0 Å². The molecule has 2 heterocycles. The molecular formula is C18H18N3O3. The second-order valence-corrected chi connectivity index (χ2v) is 5.59. The summed E-state index contributed by atoms with van der Waals surface area (Å²) in [7, 11) is 0. The maximum Gasteiger partial charge on any atom is 0.248 e. The smallest absolute Gasteiger partial charge is 0.248 e. The van der Waals surface area contributed by atoms with Crippen LogP contribution in [-0.4, -0.2) is 26.7 Å². The number of phenolic OH excluding ortho intramolecular Hbond substituents is 1. The Morgan fingerprint density at radius 2 is 2.04 bits per heavy atom. The summed E-state index contributed by atoms with van der Waals surface area (Å²) >= 11 is 0. The molecule has 123 valence electrons. The number of aromatic amines is 1. The zero-order valence-electron chi connectivity index (χ0n) is 13.0. The number of phenols is 1. The Morgan fingerprint density at radius 1 is 1.21 bits per heavy atom. The zero-order chi connectivity index (χ0) is 17.1. The van der Waals surface area contributed by atoms with E-state index in [9.17, 15) is 15.0 Å². The van der Waals surface area contributed by atoms with Crippen molar-refractivity contribution in [1.82, 2.24) is 15.3 Å². The molecule has 6 heteroatoms. The minimum Gasteiger partial charge on any atom is -0.506 e. The predicted molar refractivity (Wildman–Crippen MR) is 91.6 cm³/mol. The van der Waals surface area contributed by atoms with Gasteiger partial charge in [-0.2, -0.15) is 0 Å². The van der Waals surface area contributed by atoms with Crippen molar-refractivity contribution in [2.45, 2.75) is 12.6 Å². The molecule has 0 saturated carbocycles. The highest BCUT2D eigenvalue weighted by Gasteiger charge is 2.13. The minimum atomic E-state index is -0.786. The van der Waals surface area contributed by atoms with Gasteiger partial charge in [0.05, 0.1) is 17.3 Å². The van der Waals surface area contributed by atoms with Crippen LogP contribution in [0, 0.1) is 6.92 Å². The lowest BCUT2D eigenvalue weighted by atomic mass is 10.0. The fourth-order valence-electron chi connectivity index (χ4n) is 2.56. The summed E-state index contributed by atoms with van der Waals surface area (Å²) < 4.78 is 0. The lowest BCUT2D eigenvalue weighted by Gasteiger charge is -2.15. The molecular weight excluding hydrogens is 306 g/mol. The van der Waals surface area contributed by atoms with Gasteiger partial charge in [0.15, 0.2) is 0 Å². The molecule has 3 rings (SSSR count). The molecule has 6 nitrogen and oxygen atoms in total. The van der Waals surface area contributed by atoms with E-state index in [0.29, 0.717) is 29.6 Å². The highest BCUT2D eigenvalue weighted by molar-refractivity contribution is 5.87. The monoisotopic (exact) mass is 324 g/mol. The summed E-state index contributed by atoms with van der Waals surface area (Å²) in [6.45, 7) is 4.61. The quantitative estimate of drug-likeness (QED) is 0.572. The van der Waals surface area contributed by atoms with Gasteiger partial charge in [0.2, 0.25) is 5.56 Å². The molecule has 4 N–H and O–H groups in total. The number of hydrogen-bond donors (Lipinski definition) is 4. The van der Waals surface area contributed by atoms with Crippen LogP contribution in [0.25, 0.3) is 10.9 Å². The maximum absolute atomic E-state index is 11.4. The van der Waals surface area contributed by atoms with Crippen molar-refractivity contribution >= 4 is 10.9 Å². The maximum atomic E-state index is 11.4. The summed E-state index contributed by atoms with van der Waals surface area (Å²) in [4.78, 5) is 18.2. The van der Waals surface area contributed by atoms with Crippen molar-refractivity contribution in [2.75, 3.05) is 6.54 Å². The number of aliphatic hydroxyl groups is 1. The van der Waals surface area contributed by atoms with Gasteiger partial charge >= 0.3 is 0 Å². The Morgan fingerprint density at radius 3 is 2.79 bits per heavy atom. The number of benzene rings is 1. The van der Waals surface area contributed by atoms with E-state index in [1.54, 1.807) is 18.3 Å². The molecule has 3 aromatic rings. The van der Waals surface area contributed by atoms with Gasteiger partial charge < -0.3 is 20.5 Å². The van der Waals surface area contributed by atoms with Gasteiger partial charge in [0, 0.05) is 30.7 Å². The summed E-state index contributed by atoms with van der Waals surface area (Å²) in [6.07, 6.45) is 0.906. The van der Waals surface area contributed by atoms with Gasteiger partial charge in [-0.15, -0.1) is 0 Å². The molecule has 0 bridgehead atoms. The van der Waals surface area contributed by atoms with Gasteiger partial charge in [0.1, 0.15) is 5.75 Å². The van der Waals surface area contributed by atoms with Gasteiger partial charge in [-0.3, -0.25) is 9.78 Å². The van der Waals surface area contributed by atoms with Crippen molar-refractivity contribution in [2.24, 2.45) is 0 Å². The Hall–Kier alpha value is -2.70. The first-order chi connectivity index (χ1) is 11.5. The molecule has 1 atom stereocenters. The molecule has 24 heavy (non-hydrogen) atoms. The van der Waals surface area contributed by atoms with Crippen LogP contribution in [0.5, 0.6) is 5.75 Å². The third-order valence-electron chi connectivity index (χ3n) is 3.80. The molecule has 0 amide bonds. The molecule has 1 aromatic carbocycles. The Balaban J connectivity index is 1.74. The standard InChI is InChI=1S/C18H18N3O3/c1-11-2-3-12(20-8-11)9-19-10-16(23)13-4-6-15(22)18-14(13)5-7-17(24)21-18/h2-8,16,19,22-23H,1,9-10H2,(H,21,24)/t16-/m0/s1. The molecule has 2 aromatic heterocycles. The van der Waals surface area contributed by atoms with Gasteiger partial charge in [-0.1, -0.05) is 12.1 Å².